The van der Waals surface area contributed by atoms with E-state index >= 15 is 0 Å². The number of tetrazole rings is 2. The van der Waals surface area contributed by atoms with Crippen molar-refractivity contribution in [2.45, 2.75) is 164 Å². The predicted molar refractivity (Wildman–Crippen MR) is 235 cm³/mol. The van der Waals surface area contributed by atoms with E-state index < -0.39 is 48.6 Å². The number of halogens is 2. The van der Waals surface area contributed by atoms with Crippen LogP contribution in [0.2, 0.25) is 10.6 Å². The van der Waals surface area contributed by atoms with E-state index in [1.54, 1.807) is 21.8 Å². The standard InChI is InChI=1S/C39H52Cl2N20O5/c1-3-25-52-56-60(54-25)23-13-21(29(62)31(23)64)58-15-42-27-33(48-37(40)50-35(27)58)44-17-5-9-19(10-6-17)46-39(66)47-20-11-7-18(8-12-20)45-34-28-36(51-38(41)49-34)59(16-43-28)22-14-24(32(65)30(22)63)61-55-26(4-2)53-57-61/h15-24,29-32,62-65H,3-14H2,1-2H3,(H,44,48,50)(H,45,49,51)(H2,46,47,66)/t17-,18-,19-,20-,21-,22-,23+,24+,29+,30+,31-,32-/m1/s1. The molecule has 0 aliphatic heterocycles. The molecular weight excluding hydrogens is 899 g/mol. The Morgan fingerprint density at radius 1 is 0.591 bits per heavy atom. The first-order valence-corrected chi connectivity index (χ1v) is 23.4. The number of aliphatic hydroxyl groups excluding tert-OH is 4. The van der Waals surface area contributed by atoms with E-state index in [0.29, 0.717) is 71.3 Å². The summed E-state index contributed by atoms with van der Waals surface area (Å²) in [7, 11) is 0. The largest absolute Gasteiger partial charge is 0.388 e. The summed E-state index contributed by atoms with van der Waals surface area (Å²) in [5.74, 6) is 2.06. The molecule has 0 saturated heterocycles. The van der Waals surface area contributed by atoms with E-state index in [1.165, 1.54) is 9.59 Å². The average Bonchev–Trinajstić information content (AvgIpc) is 4.18. The highest BCUT2D eigenvalue weighted by molar-refractivity contribution is 6.29. The fourth-order valence-corrected chi connectivity index (χ4v) is 10.4. The number of carbonyl (C=O) groups excluding carboxylic acids is 1. The number of amides is 2. The summed E-state index contributed by atoms with van der Waals surface area (Å²) in [6.45, 7) is 3.83. The maximum atomic E-state index is 13.2. The summed E-state index contributed by atoms with van der Waals surface area (Å²) in [4.78, 5) is 42.9. The number of imidazole rings is 2. The van der Waals surface area contributed by atoms with Gasteiger partial charge in [-0.15, -0.1) is 20.4 Å². The van der Waals surface area contributed by atoms with Crippen LogP contribution in [0.15, 0.2) is 12.7 Å². The van der Waals surface area contributed by atoms with Crippen LogP contribution >= 0.6 is 23.2 Å². The van der Waals surface area contributed by atoms with Crippen LogP contribution in [0.3, 0.4) is 0 Å². The lowest BCUT2D eigenvalue weighted by Gasteiger charge is -2.32. The zero-order valence-corrected chi connectivity index (χ0v) is 37.7. The molecule has 0 spiro atoms. The first-order chi connectivity index (χ1) is 31.9. The van der Waals surface area contributed by atoms with Crippen molar-refractivity contribution in [2.75, 3.05) is 10.6 Å². The minimum Gasteiger partial charge on any atom is -0.388 e. The van der Waals surface area contributed by atoms with Crippen LogP contribution in [0.25, 0.3) is 22.3 Å². The van der Waals surface area contributed by atoms with Gasteiger partial charge >= 0.3 is 6.03 Å². The highest BCUT2D eigenvalue weighted by Gasteiger charge is 2.47. The second-order valence-electron chi connectivity index (χ2n) is 17.8. The molecule has 2 amide bonds. The average molecular weight is 952 g/mol. The van der Waals surface area contributed by atoms with E-state index in [1.807, 2.05) is 13.8 Å². The monoisotopic (exact) mass is 950 g/mol. The van der Waals surface area contributed by atoms with Crippen molar-refractivity contribution < 1.29 is 25.2 Å². The number of urea groups is 1. The lowest BCUT2D eigenvalue weighted by atomic mass is 9.90. The quantitative estimate of drug-likeness (QED) is 0.0808. The number of carbonyl (C=O) groups is 1. The van der Waals surface area contributed by atoms with E-state index in [-0.39, 0.29) is 40.8 Å². The predicted octanol–water partition coefficient (Wildman–Crippen LogP) is 1.63. The van der Waals surface area contributed by atoms with E-state index in [2.05, 4.69) is 82.0 Å². The molecule has 27 heteroatoms. The number of hydrogen-bond donors (Lipinski definition) is 8. The van der Waals surface area contributed by atoms with Gasteiger partial charge in [0.05, 0.1) is 24.7 Å². The van der Waals surface area contributed by atoms with Gasteiger partial charge in [0.2, 0.25) is 10.6 Å². The Morgan fingerprint density at radius 3 is 1.35 bits per heavy atom. The van der Waals surface area contributed by atoms with Crippen molar-refractivity contribution >= 4 is 63.2 Å². The number of aliphatic hydroxyl groups is 4. The van der Waals surface area contributed by atoms with Crippen LogP contribution in [-0.2, 0) is 12.8 Å². The Kier molecular flexibility index (Phi) is 12.3. The van der Waals surface area contributed by atoms with Gasteiger partial charge in [0.25, 0.3) is 0 Å². The molecule has 10 rings (SSSR count). The third-order valence-electron chi connectivity index (χ3n) is 13.7. The molecule has 8 atom stereocenters. The van der Waals surface area contributed by atoms with Gasteiger partial charge in [-0.1, -0.05) is 13.8 Å². The highest BCUT2D eigenvalue weighted by Crippen LogP contribution is 2.41. The minimum atomic E-state index is -1.13. The third kappa shape index (κ3) is 8.55. The van der Waals surface area contributed by atoms with Crippen LogP contribution in [0.5, 0.6) is 0 Å². The van der Waals surface area contributed by atoms with Gasteiger partial charge in [0, 0.05) is 37.0 Å². The molecule has 6 heterocycles. The van der Waals surface area contributed by atoms with E-state index in [9.17, 15) is 25.2 Å². The molecule has 0 unspecified atom stereocenters. The lowest BCUT2D eigenvalue weighted by Crippen LogP contribution is -2.49. The molecule has 4 fully saturated rings. The third-order valence-corrected chi connectivity index (χ3v) is 14.1. The van der Waals surface area contributed by atoms with Crippen molar-refractivity contribution in [3.63, 3.8) is 0 Å². The Balaban J connectivity index is 0.698. The number of nitrogens with one attached hydrogen (secondary N) is 4. The molecule has 352 valence electrons. The molecule has 0 aromatic carbocycles. The fourth-order valence-electron chi connectivity index (χ4n) is 10.1. The maximum Gasteiger partial charge on any atom is 0.315 e. The van der Waals surface area contributed by atoms with Crippen LogP contribution < -0.4 is 21.3 Å². The molecule has 0 radical (unpaired) electrons. The molecule has 6 aromatic rings. The lowest BCUT2D eigenvalue weighted by molar-refractivity contribution is 0.00473. The maximum absolute atomic E-state index is 13.2. The highest BCUT2D eigenvalue weighted by atomic mass is 35.5. The summed E-state index contributed by atoms with van der Waals surface area (Å²) in [6, 6.07) is -2.38. The molecular formula is C39H52Cl2N20O5. The van der Waals surface area contributed by atoms with Gasteiger partial charge in [0.15, 0.2) is 45.6 Å². The van der Waals surface area contributed by atoms with Crippen LogP contribution in [0.1, 0.15) is 114 Å². The summed E-state index contributed by atoms with van der Waals surface area (Å²) >= 11 is 12.9. The normalized spacial score (nSPS) is 30.3. The van der Waals surface area contributed by atoms with Gasteiger partial charge < -0.3 is 50.8 Å². The first-order valence-electron chi connectivity index (χ1n) is 22.6. The van der Waals surface area contributed by atoms with Gasteiger partial charge in [-0.25, -0.2) is 14.8 Å². The molecule has 6 aromatic heterocycles. The van der Waals surface area contributed by atoms with Crippen LogP contribution in [0, 0.1) is 0 Å². The first kappa shape index (κ1) is 44.4. The minimum absolute atomic E-state index is 0.00255. The van der Waals surface area contributed by atoms with Crippen molar-refractivity contribution in [3.05, 3.63) is 34.9 Å². The topological polar surface area (TPSA) is 321 Å². The molecule has 4 saturated carbocycles. The van der Waals surface area contributed by atoms with E-state index in [4.69, 9.17) is 23.2 Å². The van der Waals surface area contributed by atoms with Gasteiger partial charge in [-0.05, 0) is 97.8 Å². The summed E-state index contributed by atoms with van der Waals surface area (Å²) in [6.07, 6.45) is 6.60. The molecule has 25 nitrogen and oxygen atoms in total. The SMILES string of the molecule is CCc1nnn([C@H]2C[C@@H](n3cnc4c(N[C@H]5CC[C@H](NC(=O)N[C@H]6CC[C@H](Nc7nc(Cl)nc8c7ncn8[C@@H]7C[C@H](n8nnc(CC)n8)[C@@H](O)[C@H]7O)CC6)CC5)nc(Cl)nc43)[C@H](O)[C@@H]2O)n1. The zero-order chi connectivity index (χ0) is 45.8. The Morgan fingerprint density at radius 2 is 0.970 bits per heavy atom. The molecule has 0 bridgehead atoms. The van der Waals surface area contributed by atoms with Crippen molar-refractivity contribution in [1.29, 1.82) is 0 Å². The van der Waals surface area contributed by atoms with Crippen molar-refractivity contribution in [2.24, 2.45) is 0 Å². The number of aromatic nitrogens is 16. The van der Waals surface area contributed by atoms with Gasteiger partial charge in [-0.3, -0.25) is 0 Å². The molecule has 8 N–H and O–H groups in total. The molecule has 66 heavy (non-hydrogen) atoms. The number of hydrogen-bond acceptors (Lipinski definition) is 19. The molecule has 4 aliphatic rings. The van der Waals surface area contributed by atoms with Crippen LogP contribution in [0.4, 0.5) is 16.4 Å². The second kappa shape index (κ2) is 18.3. The number of nitrogens with zero attached hydrogens (tertiary/aromatic N) is 16. The Labute approximate surface area is 386 Å². The van der Waals surface area contributed by atoms with Crippen molar-refractivity contribution in [1.82, 2.24) is 90.1 Å². The summed E-state index contributed by atoms with van der Waals surface area (Å²) in [5.41, 5.74) is 1.85. The zero-order valence-electron chi connectivity index (χ0n) is 36.2. The Bertz CT molecular complexity index is 2500. The second-order valence-corrected chi connectivity index (χ2v) is 18.5. The van der Waals surface area contributed by atoms with E-state index in [0.717, 1.165) is 51.4 Å². The number of rotatable bonds is 12. The summed E-state index contributed by atoms with van der Waals surface area (Å²) in [5, 5.41) is 82.3. The summed E-state index contributed by atoms with van der Waals surface area (Å²) < 4.78 is 3.44. The fraction of sp³-hybridized carbons (Fsp3) is 0.667. The number of anilines is 2. The van der Waals surface area contributed by atoms with Crippen molar-refractivity contribution in [3.8, 4) is 0 Å². The van der Waals surface area contributed by atoms with Gasteiger partial charge in [0.1, 0.15) is 36.5 Å². The molecule has 4 aliphatic carbocycles. The van der Waals surface area contributed by atoms with Gasteiger partial charge in [-0.2, -0.15) is 29.5 Å². The Hall–Kier alpha value is -5.47. The number of fused-ring (bicyclic) bond motifs is 2. The van der Waals surface area contributed by atoms with Crippen LogP contribution in [-0.4, -0.2) is 154 Å². The smallest absolute Gasteiger partial charge is 0.315 e. The number of aryl methyl sites for hydroxylation is 2.